The Balaban J connectivity index is 2.10. The smallest absolute Gasteiger partial charge is 0.405 e. The summed E-state index contributed by atoms with van der Waals surface area (Å²) in [7, 11) is 1.45. The molecular weight excluding hydrogens is 368 g/mol. The summed E-state index contributed by atoms with van der Waals surface area (Å²) in [6.07, 6.45) is -4.93. The molecule has 0 unspecified atom stereocenters. The summed E-state index contributed by atoms with van der Waals surface area (Å²) >= 11 is 0. The largest absolute Gasteiger partial charge is 0.573 e. The van der Waals surface area contributed by atoms with Crippen molar-refractivity contribution in [3.8, 4) is 28.3 Å². The van der Waals surface area contributed by atoms with Crippen LogP contribution in [-0.2, 0) is 7.05 Å². The van der Waals surface area contributed by atoms with E-state index < -0.39 is 23.8 Å². The van der Waals surface area contributed by atoms with Gasteiger partial charge in [0.05, 0.1) is 0 Å². The molecule has 1 amide bonds. The second-order valence-corrected chi connectivity index (χ2v) is 5.49. The molecular formula is C17H12F4N4O2. The first-order chi connectivity index (χ1) is 12.7. The summed E-state index contributed by atoms with van der Waals surface area (Å²) in [6, 6.07) is 8.85. The molecule has 2 N–H and O–H groups in total. The molecule has 0 radical (unpaired) electrons. The third-order valence-corrected chi connectivity index (χ3v) is 3.61. The molecule has 0 saturated heterocycles. The Kier molecular flexibility index (Phi) is 4.56. The average Bonchev–Trinajstić information content (AvgIpc) is 2.97. The number of nitrogens with zero attached hydrogens (tertiary/aromatic N) is 3. The van der Waals surface area contributed by atoms with Crippen molar-refractivity contribution in [2.24, 2.45) is 12.8 Å². The fourth-order valence-corrected chi connectivity index (χ4v) is 2.49. The zero-order valence-corrected chi connectivity index (χ0v) is 13.8. The molecule has 27 heavy (non-hydrogen) atoms. The van der Waals surface area contributed by atoms with Crippen LogP contribution in [0.15, 0.2) is 42.5 Å². The first kappa shape index (κ1) is 18.4. The van der Waals surface area contributed by atoms with Crippen molar-refractivity contribution >= 4 is 5.91 Å². The van der Waals surface area contributed by atoms with Crippen molar-refractivity contribution in [1.29, 1.82) is 0 Å². The number of rotatable bonds is 4. The second-order valence-electron chi connectivity index (χ2n) is 5.49. The van der Waals surface area contributed by atoms with Gasteiger partial charge >= 0.3 is 6.36 Å². The number of aryl methyl sites for hydroxylation is 1. The predicted octanol–water partition coefficient (Wildman–Crippen LogP) is 3.29. The SMILES string of the molecule is Cn1nc(-c2ccc(F)c(-c3ccccc3OC(F)(F)F)c2)nc1C(N)=O. The van der Waals surface area contributed by atoms with Crippen molar-refractivity contribution in [2.75, 3.05) is 0 Å². The fourth-order valence-electron chi connectivity index (χ4n) is 2.49. The number of carbonyl (C=O) groups excluding carboxylic acids is 1. The van der Waals surface area contributed by atoms with Crippen molar-refractivity contribution in [3.63, 3.8) is 0 Å². The molecule has 140 valence electrons. The molecule has 6 nitrogen and oxygen atoms in total. The first-order valence-electron chi connectivity index (χ1n) is 7.51. The number of hydrogen-bond acceptors (Lipinski definition) is 4. The number of aromatic nitrogens is 3. The van der Waals surface area contributed by atoms with Gasteiger partial charge in [0.1, 0.15) is 11.6 Å². The van der Waals surface area contributed by atoms with E-state index in [4.69, 9.17) is 5.73 Å². The van der Waals surface area contributed by atoms with Gasteiger partial charge in [-0.3, -0.25) is 4.79 Å². The highest BCUT2D eigenvalue weighted by Gasteiger charge is 2.32. The van der Waals surface area contributed by atoms with Gasteiger partial charge in [-0.05, 0) is 24.3 Å². The number of benzene rings is 2. The van der Waals surface area contributed by atoms with Crippen LogP contribution in [0.2, 0.25) is 0 Å². The fraction of sp³-hybridized carbons (Fsp3) is 0.118. The van der Waals surface area contributed by atoms with Crippen LogP contribution >= 0.6 is 0 Å². The van der Waals surface area contributed by atoms with Gasteiger partial charge in [-0.1, -0.05) is 18.2 Å². The van der Waals surface area contributed by atoms with E-state index in [1.165, 1.54) is 37.4 Å². The van der Waals surface area contributed by atoms with Crippen LogP contribution in [-0.4, -0.2) is 27.0 Å². The monoisotopic (exact) mass is 380 g/mol. The van der Waals surface area contributed by atoms with Gasteiger partial charge in [0.25, 0.3) is 5.91 Å². The number of alkyl halides is 3. The summed E-state index contributed by atoms with van der Waals surface area (Å²) in [5.41, 5.74) is 5.24. The van der Waals surface area contributed by atoms with E-state index >= 15 is 0 Å². The summed E-state index contributed by atoms with van der Waals surface area (Å²) in [5, 5.41) is 4.02. The minimum atomic E-state index is -4.93. The first-order valence-corrected chi connectivity index (χ1v) is 7.51. The van der Waals surface area contributed by atoms with Crippen molar-refractivity contribution in [2.45, 2.75) is 6.36 Å². The predicted molar refractivity (Wildman–Crippen MR) is 87.0 cm³/mol. The maximum atomic E-state index is 14.3. The molecule has 0 aliphatic heterocycles. The van der Waals surface area contributed by atoms with Gasteiger partial charge in [0.15, 0.2) is 5.82 Å². The van der Waals surface area contributed by atoms with E-state index in [9.17, 15) is 22.4 Å². The van der Waals surface area contributed by atoms with Crippen LogP contribution in [0, 0.1) is 5.82 Å². The van der Waals surface area contributed by atoms with E-state index in [0.29, 0.717) is 0 Å². The molecule has 3 aromatic rings. The maximum absolute atomic E-state index is 14.3. The van der Waals surface area contributed by atoms with Crippen LogP contribution in [0.4, 0.5) is 17.6 Å². The van der Waals surface area contributed by atoms with Gasteiger partial charge in [-0.15, -0.1) is 13.2 Å². The lowest BCUT2D eigenvalue weighted by Gasteiger charge is -2.14. The van der Waals surface area contributed by atoms with E-state index in [0.717, 1.165) is 16.8 Å². The molecule has 0 spiro atoms. The Morgan fingerprint density at radius 1 is 1.15 bits per heavy atom. The van der Waals surface area contributed by atoms with Gasteiger partial charge < -0.3 is 10.5 Å². The Hall–Kier alpha value is -3.43. The number of amides is 1. The molecule has 1 aromatic heterocycles. The highest BCUT2D eigenvalue weighted by Crippen LogP contribution is 2.36. The van der Waals surface area contributed by atoms with Gasteiger partial charge in [-0.25, -0.2) is 14.1 Å². The Morgan fingerprint density at radius 2 is 1.85 bits per heavy atom. The van der Waals surface area contributed by atoms with E-state index in [1.54, 1.807) is 0 Å². The van der Waals surface area contributed by atoms with Crippen LogP contribution in [0.1, 0.15) is 10.6 Å². The number of hydrogen-bond donors (Lipinski definition) is 1. The maximum Gasteiger partial charge on any atom is 0.573 e. The Bertz CT molecular complexity index is 1010. The lowest BCUT2D eigenvalue weighted by atomic mass is 10.0. The molecule has 3 rings (SSSR count). The normalized spacial score (nSPS) is 11.4. The number of halogens is 4. The molecule has 0 aliphatic carbocycles. The average molecular weight is 380 g/mol. The zero-order chi connectivity index (χ0) is 19.8. The zero-order valence-electron chi connectivity index (χ0n) is 13.8. The van der Waals surface area contributed by atoms with Crippen LogP contribution in [0.3, 0.4) is 0 Å². The molecule has 0 aliphatic rings. The highest BCUT2D eigenvalue weighted by atomic mass is 19.4. The number of carbonyl (C=O) groups is 1. The molecule has 10 heteroatoms. The van der Waals surface area contributed by atoms with Gasteiger partial charge in [0.2, 0.25) is 5.82 Å². The minimum Gasteiger partial charge on any atom is -0.405 e. The molecule has 0 bridgehead atoms. The van der Waals surface area contributed by atoms with Crippen LogP contribution in [0.25, 0.3) is 22.5 Å². The second kappa shape index (κ2) is 6.71. The molecule has 0 fully saturated rings. The van der Waals surface area contributed by atoms with Crippen molar-refractivity contribution in [3.05, 3.63) is 54.1 Å². The third kappa shape index (κ3) is 3.89. The summed E-state index contributed by atoms with van der Waals surface area (Å²) in [4.78, 5) is 15.3. The number of primary amides is 1. The van der Waals surface area contributed by atoms with Crippen LogP contribution < -0.4 is 10.5 Å². The molecule has 0 atom stereocenters. The van der Waals surface area contributed by atoms with Gasteiger partial charge in [0, 0.05) is 23.7 Å². The summed E-state index contributed by atoms with van der Waals surface area (Å²) in [5.74, 6) is -2.16. The van der Waals surface area contributed by atoms with E-state index in [2.05, 4.69) is 14.8 Å². The molecule has 0 saturated carbocycles. The number of para-hydroxylation sites is 1. The third-order valence-electron chi connectivity index (χ3n) is 3.61. The number of ether oxygens (including phenoxy) is 1. The summed E-state index contributed by atoms with van der Waals surface area (Å²) in [6.45, 7) is 0. The lowest BCUT2D eigenvalue weighted by Crippen LogP contribution is -2.17. The van der Waals surface area contributed by atoms with Gasteiger partial charge in [-0.2, -0.15) is 5.10 Å². The van der Waals surface area contributed by atoms with Crippen molar-refractivity contribution < 1.29 is 27.1 Å². The quantitative estimate of drug-likeness (QED) is 0.704. The Labute approximate surface area is 150 Å². The molecule has 2 aromatic carbocycles. The summed E-state index contributed by atoms with van der Waals surface area (Å²) < 4.78 is 57.3. The molecule has 1 heterocycles. The highest BCUT2D eigenvalue weighted by molar-refractivity contribution is 5.89. The standard InChI is InChI=1S/C17H12F4N4O2/c1-25-16(14(22)26)23-15(24-25)9-6-7-12(18)11(8-9)10-4-2-3-5-13(10)27-17(19,20)21/h2-8H,1H3,(H2,22,26). The minimum absolute atomic E-state index is 0.0711. The lowest BCUT2D eigenvalue weighted by molar-refractivity contribution is -0.274. The Morgan fingerprint density at radius 3 is 2.48 bits per heavy atom. The van der Waals surface area contributed by atoms with Crippen LogP contribution in [0.5, 0.6) is 5.75 Å². The van der Waals surface area contributed by atoms with Crippen molar-refractivity contribution in [1.82, 2.24) is 14.8 Å². The van der Waals surface area contributed by atoms with E-state index in [-0.39, 0.29) is 28.3 Å². The number of nitrogens with two attached hydrogens (primary N) is 1. The topological polar surface area (TPSA) is 83.0 Å². The van der Waals surface area contributed by atoms with E-state index in [1.807, 2.05) is 0 Å².